The summed E-state index contributed by atoms with van der Waals surface area (Å²) in [6.07, 6.45) is 0.660. The largest absolute Gasteiger partial charge is 0.494 e. The van der Waals surface area contributed by atoms with Crippen LogP contribution in [0.15, 0.2) is 18.2 Å². The summed E-state index contributed by atoms with van der Waals surface area (Å²) in [4.78, 5) is 10.9. The third kappa shape index (κ3) is 1.75. The highest BCUT2D eigenvalue weighted by atomic mass is 16.4. The first-order chi connectivity index (χ1) is 8.06. The Hall–Kier alpha value is -1.97. The van der Waals surface area contributed by atoms with Crippen LogP contribution in [0.3, 0.4) is 0 Å². The molecule has 0 unspecified atom stereocenters. The van der Waals surface area contributed by atoms with E-state index in [9.17, 15) is 9.90 Å². The quantitative estimate of drug-likeness (QED) is 0.853. The van der Waals surface area contributed by atoms with E-state index in [1.54, 1.807) is 11.6 Å². The van der Waals surface area contributed by atoms with Crippen molar-refractivity contribution in [3.63, 3.8) is 0 Å². The number of fused-ring (bicyclic) bond motifs is 1. The molecule has 0 aliphatic carbocycles. The summed E-state index contributed by atoms with van der Waals surface area (Å²) in [6.45, 7) is 2.02. The third-order valence-electron chi connectivity index (χ3n) is 3.09. The number of aromatic nitrogens is 1. The summed E-state index contributed by atoms with van der Waals surface area (Å²) in [5.41, 5.74) is 2.44. The van der Waals surface area contributed by atoms with Crippen molar-refractivity contribution in [2.24, 2.45) is 7.05 Å². The molecule has 2 aromatic rings. The maximum absolute atomic E-state index is 10.9. The van der Waals surface area contributed by atoms with Crippen molar-refractivity contribution in [1.29, 1.82) is 0 Å². The highest BCUT2D eigenvalue weighted by Gasteiger charge is 2.18. The van der Waals surface area contributed by atoms with Gasteiger partial charge in [-0.2, -0.15) is 0 Å². The van der Waals surface area contributed by atoms with Crippen LogP contribution in [-0.2, 0) is 24.7 Å². The van der Waals surface area contributed by atoms with Gasteiger partial charge in [-0.3, -0.25) is 4.79 Å². The van der Waals surface area contributed by atoms with E-state index in [4.69, 9.17) is 5.11 Å². The summed E-state index contributed by atoms with van der Waals surface area (Å²) in [5.74, 6) is -0.887. The van der Waals surface area contributed by atoms with Gasteiger partial charge in [0.2, 0.25) is 0 Å². The van der Waals surface area contributed by atoms with Crippen LogP contribution < -0.4 is 0 Å². The molecular weight excluding hydrogens is 218 g/mol. The fraction of sp³-hybridized carbons (Fsp3) is 0.308. The molecule has 0 aliphatic heterocycles. The van der Waals surface area contributed by atoms with Gasteiger partial charge in [0.05, 0.1) is 11.9 Å². The number of nitrogens with zero attached hydrogens (tertiary/aromatic N) is 1. The van der Waals surface area contributed by atoms with Gasteiger partial charge in [0.1, 0.15) is 0 Å². The number of benzene rings is 1. The van der Waals surface area contributed by atoms with Gasteiger partial charge >= 0.3 is 5.97 Å². The first kappa shape index (κ1) is 11.5. The van der Waals surface area contributed by atoms with Gasteiger partial charge in [0.15, 0.2) is 5.88 Å². The lowest BCUT2D eigenvalue weighted by molar-refractivity contribution is -0.136. The molecule has 90 valence electrons. The van der Waals surface area contributed by atoms with Crippen molar-refractivity contribution in [3.8, 4) is 5.88 Å². The Morgan fingerprint density at radius 2 is 2.12 bits per heavy atom. The fourth-order valence-corrected chi connectivity index (χ4v) is 2.26. The standard InChI is InChI=1S/C13H15NO3/c1-3-8-5-4-6-10-12(8)9(7-11(15)16)13(17)14(10)2/h4-6,17H,3,7H2,1-2H3,(H,15,16). The monoisotopic (exact) mass is 233 g/mol. The average Bonchev–Trinajstić information content (AvgIpc) is 2.54. The van der Waals surface area contributed by atoms with Crippen LogP contribution in [0.1, 0.15) is 18.1 Å². The highest BCUT2D eigenvalue weighted by molar-refractivity contribution is 5.92. The molecule has 1 aromatic carbocycles. The molecule has 17 heavy (non-hydrogen) atoms. The van der Waals surface area contributed by atoms with E-state index in [0.29, 0.717) is 5.56 Å². The lowest BCUT2D eigenvalue weighted by Gasteiger charge is -2.02. The lowest BCUT2D eigenvalue weighted by atomic mass is 10.0. The van der Waals surface area contributed by atoms with Crippen molar-refractivity contribution in [2.45, 2.75) is 19.8 Å². The van der Waals surface area contributed by atoms with Crippen molar-refractivity contribution >= 4 is 16.9 Å². The minimum atomic E-state index is -0.932. The molecule has 0 amide bonds. The smallest absolute Gasteiger partial charge is 0.308 e. The van der Waals surface area contributed by atoms with E-state index in [2.05, 4.69) is 0 Å². The first-order valence-electron chi connectivity index (χ1n) is 5.56. The zero-order valence-corrected chi connectivity index (χ0v) is 9.90. The van der Waals surface area contributed by atoms with E-state index in [-0.39, 0.29) is 12.3 Å². The second kappa shape index (κ2) is 4.13. The predicted octanol–water partition coefficient (Wildman–Crippen LogP) is 2.07. The zero-order chi connectivity index (χ0) is 12.6. The molecule has 0 fully saturated rings. The zero-order valence-electron chi connectivity index (χ0n) is 9.90. The van der Waals surface area contributed by atoms with Crippen molar-refractivity contribution in [1.82, 2.24) is 4.57 Å². The molecule has 0 radical (unpaired) electrons. The Morgan fingerprint density at radius 3 is 2.71 bits per heavy atom. The topological polar surface area (TPSA) is 62.5 Å². The van der Waals surface area contributed by atoms with Crippen LogP contribution in [0.5, 0.6) is 5.88 Å². The van der Waals surface area contributed by atoms with Crippen LogP contribution in [0.4, 0.5) is 0 Å². The Bertz CT molecular complexity index is 584. The summed E-state index contributed by atoms with van der Waals surface area (Å²) in [7, 11) is 1.74. The third-order valence-corrected chi connectivity index (χ3v) is 3.09. The molecule has 0 saturated heterocycles. The lowest BCUT2D eigenvalue weighted by Crippen LogP contribution is -2.00. The fourth-order valence-electron chi connectivity index (χ4n) is 2.26. The van der Waals surface area contributed by atoms with Gasteiger partial charge in [-0.1, -0.05) is 19.1 Å². The molecule has 2 rings (SSSR count). The molecular formula is C13H15NO3. The van der Waals surface area contributed by atoms with Crippen molar-refractivity contribution in [3.05, 3.63) is 29.3 Å². The summed E-state index contributed by atoms with van der Waals surface area (Å²) >= 11 is 0. The second-order valence-electron chi connectivity index (χ2n) is 4.10. The van der Waals surface area contributed by atoms with E-state index in [1.807, 2.05) is 25.1 Å². The van der Waals surface area contributed by atoms with Crippen LogP contribution in [-0.4, -0.2) is 20.7 Å². The number of hydrogen-bond donors (Lipinski definition) is 2. The van der Waals surface area contributed by atoms with E-state index in [0.717, 1.165) is 22.9 Å². The number of aryl methyl sites for hydroxylation is 2. The van der Waals surface area contributed by atoms with Gasteiger partial charge in [0, 0.05) is 18.0 Å². The Morgan fingerprint density at radius 1 is 1.41 bits per heavy atom. The number of aromatic hydroxyl groups is 1. The minimum absolute atomic E-state index is 0.0447. The molecule has 4 nitrogen and oxygen atoms in total. The number of hydrogen-bond acceptors (Lipinski definition) is 2. The van der Waals surface area contributed by atoms with Crippen LogP contribution in [0.2, 0.25) is 0 Å². The Labute approximate surface area is 99.1 Å². The van der Waals surface area contributed by atoms with Gasteiger partial charge in [-0.15, -0.1) is 0 Å². The van der Waals surface area contributed by atoms with Crippen LogP contribution in [0, 0.1) is 0 Å². The molecule has 4 heteroatoms. The second-order valence-corrected chi connectivity index (χ2v) is 4.10. The summed E-state index contributed by atoms with van der Waals surface area (Å²) in [6, 6.07) is 5.78. The number of carbonyl (C=O) groups is 1. The average molecular weight is 233 g/mol. The molecule has 1 aromatic heterocycles. The highest BCUT2D eigenvalue weighted by Crippen LogP contribution is 2.33. The van der Waals surface area contributed by atoms with Crippen molar-refractivity contribution in [2.75, 3.05) is 0 Å². The number of carboxylic acids is 1. The van der Waals surface area contributed by atoms with Gasteiger partial charge < -0.3 is 14.8 Å². The maximum Gasteiger partial charge on any atom is 0.308 e. The number of rotatable bonds is 3. The predicted molar refractivity (Wildman–Crippen MR) is 65.3 cm³/mol. The first-order valence-corrected chi connectivity index (χ1v) is 5.56. The van der Waals surface area contributed by atoms with Crippen LogP contribution >= 0.6 is 0 Å². The molecule has 0 bridgehead atoms. The molecule has 1 heterocycles. The van der Waals surface area contributed by atoms with Gasteiger partial charge in [0.25, 0.3) is 0 Å². The van der Waals surface area contributed by atoms with Crippen molar-refractivity contribution < 1.29 is 15.0 Å². The maximum atomic E-state index is 10.9. The van der Waals surface area contributed by atoms with E-state index in [1.165, 1.54) is 0 Å². The molecule has 0 atom stereocenters. The normalized spacial score (nSPS) is 10.9. The molecule has 2 N–H and O–H groups in total. The summed E-state index contributed by atoms with van der Waals surface area (Å²) in [5, 5.41) is 19.8. The molecule has 0 aliphatic rings. The SMILES string of the molecule is CCc1cccc2c1c(CC(=O)O)c(O)n2C. The Balaban J connectivity index is 2.80. The minimum Gasteiger partial charge on any atom is -0.494 e. The van der Waals surface area contributed by atoms with Crippen LogP contribution in [0.25, 0.3) is 10.9 Å². The van der Waals surface area contributed by atoms with Gasteiger partial charge in [-0.25, -0.2) is 0 Å². The summed E-state index contributed by atoms with van der Waals surface area (Å²) < 4.78 is 1.63. The number of carboxylic acid groups (broad SMARTS) is 1. The van der Waals surface area contributed by atoms with Gasteiger partial charge in [-0.05, 0) is 18.1 Å². The number of aliphatic carboxylic acids is 1. The van der Waals surface area contributed by atoms with E-state index >= 15 is 0 Å². The van der Waals surface area contributed by atoms with E-state index < -0.39 is 5.97 Å². The molecule has 0 spiro atoms. The molecule has 0 saturated carbocycles. The Kier molecular flexibility index (Phi) is 2.79.